The molecule has 0 aromatic heterocycles. The normalized spacial score (nSPS) is 16.8. The van der Waals surface area contributed by atoms with Crippen LogP contribution in [-0.4, -0.2) is 37.5 Å². The molecule has 1 amide bonds. The number of piperidine rings is 1. The number of rotatable bonds is 7. The van der Waals surface area contributed by atoms with Crippen molar-refractivity contribution in [2.45, 2.75) is 70.7 Å². The molecule has 1 saturated heterocycles. The summed E-state index contributed by atoms with van der Waals surface area (Å²) in [7, 11) is -3.66. The molecular weight excluding hydrogens is 460 g/mol. The summed E-state index contributed by atoms with van der Waals surface area (Å²) in [5.41, 5.74) is 2.88. The maximum absolute atomic E-state index is 13.1. The number of Topliss-reactive ketones (excluding diaryl/α,β-unsaturated/α-hetero) is 1. The van der Waals surface area contributed by atoms with Crippen LogP contribution in [0.3, 0.4) is 0 Å². The second-order valence-electron chi connectivity index (χ2n) is 10.9. The van der Waals surface area contributed by atoms with Crippen LogP contribution in [0.5, 0.6) is 0 Å². The zero-order valence-corrected chi connectivity index (χ0v) is 22.5. The van der Waals surface area contributed by atoms with Gasteiger partial charge in [0.2, 0.25) is 15.9 Å². The van der Waals surface area contributed by atoms with E-state index in [1.165, 1.54) is 41.1 Å². The number of carbonyl (C=O) groups is 2. The van der Waals surface area contributed by atoms with E-state index in [-0.39, 0.29) is 39.9 Å². The number of hydrogen-bond donors (Lipinski definition) is 1. The number of carbonyl (C=O) groups excluding carboxylic acids is 2. The van der Waals surface area contributed by atoms with E-state index in [4.69, 9.17) is 0 Å². The van der Waals surface area contributed by atoms with Gasteiger partial charge in [-0.25, -0.2) is 8.42 Å². The lowest BCUT2D eigenvalue weighted by Crippen LogP contribution is -2.44. The molecule has 3 rings (SSSR count). The Balaban J connectivity index is 1.64. The zero-order valence-electron chi connectivity index (χ0n) is 21.7. The Morgan fingerprint density at radius 2 is 1.49 bits per heavy atom. The van der Waals surface area contributed by atoms with Gasteiger partial charge in [0, 0.05) is 24.6 Å². The lowest BCUT2D eigenvalue weighted by Gasteiger charge is -2.32. The molecule has 0 radical (unpaired) electrons. The van der Waals surface area contributed by atoms with Crippen molar-refractivity contribution < 1.29 is 18.0 Å². The fourth-order valence-corrected chi connectivity index (χ4v) is 5.94. The number of hydrogen-bond acceptors (Lipinski definition) is 4. The maximum Gasteiger partial charge on any atom is 0.243 e. The van der Waals surface area contributed by atoms with Gasteiger partial charge in [-0.1, -0.05) is 71.0 Å². The first-order chi connectivity index (χ1) is 16.3. The second-order valence-corrected chi connectivity index (χ2v) is 12.8. The van der Waals surface area contributed by atoms with Crippen LogP contribution in [0.25, 0.3) is 0 Å². The van der Waals surface area contributed by atoms with Crippen molar-refractivity contribution in [2.24, 2.45) is 11.8 Å². The molecule has 6 nitrogen and oxygen atoms in total. The molecule has 1 heterocycles. The highest BCUT2D eigenvalue weighted by molar-refractivity contribution is 7.89. The highest BCUT2D eigenvalue weighted by atomic mass is 32.2. The Hall–Kier alpha value is -2.51. The zero-order chi connectivity index (χ0) is 26.0. The summed E-state index contributed by atoms with van der Waals surface area (Å²) in [6, 6.07) is 14.4. The summed E-state index contributed by atoms with van der Waals surface area (Å²) in [4.78, 5) is 24.8. The number of nitrogens with one attached hydrogen (secondary N) is 1. The van der Waals surface area contributed by atoms with Crippen molar-refractivity contribution in [2.75, 3.05) is 13.1 Å². The predicted molar refractivity (Wildman–Crippen MR) is 139 cm³/mol. The lowest BCUT2D eigenvalue weighted by atomic mass is 9.85. The lowest BCUT2D eigenvalue weighted by molar-refractivity contribution is -0.127. The molecule has 0 bridgehead atoms. The molecule has 1 atom stereocenters. The van der Waals surface area contributed by atoms with E-state index in [9.17, 15) is 18.0 Å². The Bertz CT molecular complexity index is 1140. The molecule has 7 heteroatoms. The average molecular weight is 499 g/mol. The first kappa shape index (κ1) is 27.1. The van der Waals surface area contributed by atoms with Gasteiger partial charge in [0.1, 0.15) is 0 Å². The van der Waals surface area contributed by atoms with E-state index >= 15 is 0 Å². The predicted octanol–water partition coefficient (Wildman–Crippen LogP) is 5.10. The van der Waals surface area contributed by atoms with E-state index < -0.39 is 10.0 Å². The first-order valence-corrected chi connectivity index (χ1v) is 13.8. The maximum atomic E-state index is 13.1. The van der Waals surface area contributed by atoms with Crippen LogP contribution in [0.4, 0.5) is 0 Å². The summed E-state index contributed by atoms with van der Waals surface area (Å²) >= 11 is 0. The highest BCUT2D eigenvalue weighted by Gasteiger charge is 2.33. The number of nitrogens with zero attached hydrogens (tertiary/aromatic N) is 1. The fourth-order valence-electron chi connectivity index (χ4n) is 4.47. The van der Waals surface area contributed by atoms with Crippen LogP contribution in [0.1, 0.15) is 81.9 Å². The van der Waals surface area contributed by atoms with Gasteiger partial charge in [-0.3, -0.25) is 9.59 Å². The van der Waals surface area contributed by atoms with Crippen LogP contribution < -0.4 is 5.32 Å². The average Bonchev–Trinajstić information content (AvgIpc) is 2.82. The quantitative estimate of drug-likeness (QED) is 0.538. The van der Waals surface area contributed by atoms with Crippen LogP contribution in [0.2, 0.25) is 0 Å². The third-order valence-corrected chi connectivity index (χ3v) is 8.74. The Kier molecular flexibility index (Phi) is 8.22. The van der Waals surface area contributed by atoms with Crippen LogP contribution in [0.15, 0.2) is 53.4 Å². The fraction of sp³-hybridized carbons (Fsp3) is 0.500. The molecule has 35 heavy (non-hydrogen) atoms. The SMILES string of the molecule is CC(=O)c1ccc(S(=O)(=O)N2CCC(C(=O)NC(c3ccc(C(C)(C)C)cc3)C(C)C)CC2)cc1. The van der Waals surface area contributed by atoms with Crippen LogP contribution in [-0.2, 0) is 20.2 Å². The molecule has 1 fully saturated rings. The standard InChI is InChI=1S/C28H38N2O4S/c1-19(2)26(22-7-11-24(12-8-22)28(4,5)6)29-27(32)23-15-17-30(18-16-23)35(33,34)25-13-9-21(10-14-25)20(3)31/h7-14,19,23,26H,15-18H2,1-6H3,(H,29,32). The summed E-state index contributed by atoms with van der Waals surface area (Å²) in [5.74, 6) is -0.133. The van der Waals surface area contributed by atoms with E-state index in [2.05, 4.69) is 64.2 Å². The minimum absolute atomic E-state index is 0.0218. The molecule has 1 unspecified atom stereocenters. The van der Waals surface area contributed by atoms with Crippen molar-refractivity contribution >= 4 is 21.7 Å². The van der Waals surface area contributed by atoms with Crippen molar-refractivity contribution in [3.63, 3.8) is 0 Å². The largest absolute Gasteiger partial charge is 0.349 e. The molecule has 190 valence electrons. The molecule has 1 aliphatic rings. The Morgan fingerprint density at radius 3 is 1.94 bits per heavy atom. The number of benzene rings is 2. The smallest absolute Gasteiger partial charge is 0.243 e. The number of sulfonamides is 1. The first-order valence-electron chi connectivity index (χ1n) is 12.3. The Labute approximate surface area is 210 Å². The van der Waals surface area contributed by atoms with Gasteiger partial charge < -0.3 is 5.32 Å². The monoisotopic (exact) mass is 498 g/mol. The van der Waals surface area contributed by atoms with Gasteiger partial charge >= 0.3 is 0 Å². The van der Waals surface area contributed by atoms with Crippen molar-refractivity contribution in [1.82, 2.24) is 9.62 Å². The minimum atomic E-state index is -3.66. The van der Waals surface area contributed by atoms with E-state index in [0.29, 0.717) is 31.5 Å². The van der Waals surface area contributed by atoms with E-state index in [1.807, 2.05) is 0 Å². The molecule has 2 aromatic carbocycles. The number of ketones is 1. The highest BCUT2D eigenvalue weighted by Crippen LogP contribution is 2.29. The van der Waals surface area contributed by atoms with Crippen molar-refractivity contribution in [3.8, 4) is 0 Å². The summed E-state index contributed by atoms with van der Waals surface area (Å²) in [5, 5.41) is 3.22. The topological polar surface area (TPSA) is 83.6 Å². The molecular formula is C28H38N2O4S. The van der Waals surface area contributed by atoms with Crippen molar-refractivity contribution in [1.29, 1.82) is 0 Å². The summed E-state index contributed by atoms with van der Waals surface area (Å²) in [6.07, 6.45) is 0.953. The number of amides is 1. The summed E-state index contributed by atoms with van der Waals surface area (Å²) < 4.78 is 27.5. The van der Waals surface area contributed by atoms with Crippen LogP contribution >= 0.6 is 0 Å². The van der Waals surface area contributed by atoms with Crippen LogP contribution in [0, 0.1) is 11.8 Å². The molecule has 0 aliphatic carbocycles. The molecule has 0 spiro atoms. The van der Waals surface area contributed by atoms with E-state index in [1.54, 1.807) is 0 Å². The van der Waals surface area contributed by atoms with Gasteiger partial charge in [0.15, 0.2) is 5.78 Å². The van der Waals surface area contributed by atoms with E-state index in [0.717, 1.165) is 5.56 Å². The molecule has 1 aliphatic heterocycles. The third kappa shape index (κ3) is 6.39. The van der Waals surface area contributed by atoms with Crippen molar-refractivity contribution in [3.05, 3.63) is 65.2 Å². The third-order valence-electron chi connectivity index (χ3n) is 6.82. The minimum Gasteiger partial charge on any atom is -0.349 e. The van der Waals surface area contributed by atoms with Gasteiger partial charge in [-0.05, 0) is 54.4 Å². The molecule has 0 saturated carbocycles. The van der Waals surface area contributed by atoms with Gasteiger partial charge in [-0.2, -0.15) is 4.31 Å². The van der Waals surface area contributed by atoms with Gasteiger partial charge in [-0.15, -0.1) is 0 Å². The second kappa shape index (κ2) is 10.6. The molecule has 2 aromatic rings. The van der Waals surface area contributed by atoms with Gasteiger partial charge in [0.05, 0.1) is 10.9 Å². The van der Waals surface area contributed by atoms with Gasteiger partial charge in [0.25, 0.3) is 0 Å². The molecule has 1 N–H and O–H groups in total. The summed E-state index contributed by atoms with van der Waals surface area (Å²) in [6.45, 7) is 12.8. The Morgan fingerprint density at radius 1 is 0.943 bits per heavy atom.